The summed E-state index contributed by atoms with van der Waals surface area (Å²) in [6, 6.07) is 2.50. The van der Waals surface area contributed by atoms with E-state index in [4.69, 9.17) is 4.74 Å². The van der Waals surface area contributed by atoms with E-state index in [-0.39, 0.29) is 5.91 Å². The van der Waals surface area contributed by atoms with Crippen LogP contribution in [0, 0.1) is 5.92 Å². The Balaban J connectivity index is 1.61. The Labute approximate surface area is 166 Å². The van der Waals surface area contributed by atoms with E-state index < -0.39 is 0 Å². The first-order chi connectivity index (χ1) is 13.7. The number of carbonyl (C=O) groups is 1. The van der Waals surface area contributed by atoms with Gasteiger partial charge in [0.15, 0.2) is 0 Å². The largest absolute Gasteiger partial charge is 0.383 e. The van der Waals surface area contributed by atoms with Crippen molar-refractivity contribution in [2.45, 2.75) is 38.6 Å². The number of carbonyl (C=O) groups excluding carboxylic acids is 1. The van der Waals surface area contributed by atoms with Gasteiger partial charge in [0.05, 0.1) is 24.5 Å². The molecule has 7 nitrogen and oxygen atoms in total. The lowest BCUT2D eigenvalue weighted by Gasteiger charge is -2.44. The Bertz CT molecular complexity index is 812. The number of hydrogen-bond donors (Lipinski definition) is 2. The van der Waals surface area contributed by atoms with Crippen molar-refractivity contribution in [3.05, 3.63) is 24.0 Å². The number of anilines is 1. The van der Waals surface area contributed by atoms with Crippen molar-refractivity contribution in [2.75, 3.05) is 44.9 Å². The first-order valence-corrected chi connectivity index (χ1v) is 10.4. The van der Waals surface area contributed by atoms with Crippen molar-refractivity contribution in [2.24, 2.45) is 5.92 Å². The lowest BCUT2D eigenvalue weighted by Crippen LogP contribution is -2.52. The van der Waals surface area contributed by atoms with E-state index in [1.165, 1.54) is 12.8 Å². The van der Waals surface area contributed by atoms with Crippen LogP contribution in [-0.4, -0.2) is 66.8 Å². The van der Waals surface area contributed by atoms with E-state index in [0.717, 1.165) is 48.6 Å². The van der Waals surface area contributed by atoms with Gasteiger partial charge in [-0.25, -0.2) is 4.98 Å². The molecule has 0 unspecified atom stereocenters. The molecule has 1 aliphatic carbocycles. The highest BCUT2D eigenvalue weighted by molar-refractivity contribution is 6.08. The third kappa shape index (κ3) is 3.61. The van der Waals surface area contributed by atoms with Gasteiger partial charge >= 0.3 is 0 Å². The second kappa shape index (κ2) is 8.49. The second-order valence-corrected chi connectivity index (χ2v) is 7.92. The van der Waals surface area contributed by atoms with Crippen molar-refractivity contribution < 1.29 is 9.53 Å². The number of aromatic amines is 1. The third-order valence-corrected chi connectivity index (χ3v) is 6.19. The van der Waals surface area contributed by atoms with Crippen LogP contribution in [0.1, 0.15) is 43.0 Å². The van der Waals surface area contributed by atoms with E-state index in [1.54, 1.807) is 13.3 Å². The molecule has 1 saturated carbocycles. The van der Waals surface area contributed by atoms with Crippen LogP contribution in [0.15, 0.2) is 18.5 Å². The van der Waals surface area contributed by atoms with Gasteiger partial charge in [-0.1, -0.05) is 6.92 Å². The fraction of sp³-hybridized carbons (Fsp3) is 0.619. The second-order valence-electron chi connectivity index (χ2n) is 7.92. The van der Waals surface area contributed by atoms with Crippen molar-refractivity contribution in [1.82, 2.24) is 20.2 Å². The highest BCUT2D eigenvalue weighted by Crippen LogP contribution is 2.38. The van der Waals surface area contributed by atoms with Crippen LogP contribution in [0.4, 0.5) is 5.69 Å². The Hall–Kier alpha value is -2.12. The van der Waals surface area contributed by atoms with Crippen molar-refractivity contribution in [3.8, 4) is 0 Å². The standard InChI is InChI=1S/C21H31N5O2/c1-3-22-12-15-4-6-16(7-5-15)26-14-25(10-11-28-2)21(27)18-13-24-20-17(19(18)26)8-9-23-20/h8-9,13,15-16,22H,3-7,10-12,14H2,1-2H3,(H,23,24). The maximum Gasteiger partial charge on any atom is 0.259 e. The summed E-state index contributed by atoms with van der Waals surface area (Å²) >= 11 is 0. The van der Waals surface area contributed by atoms with Gasteiger partial charge in [-0.05, 0) is 50.8 Å². The number of H-pyrrole nitrogens is 1. The monoisotopic (exact) mass is 385 g/mol. The first-order valence-electron chi connectivity index (χ1n) is 10.4. The lowest BCUT2D eigenvalue weighted by atomic mass is 9.84. The Morgan fingerprint density at radius 3 is 2.89 bits per heavy atom. The average Bonchev–Trinajstić information content (AvgIpc) is 3.21. The van der Waals surface area contributed by atoms with Crippen LogP contribution in [0.2, 0.25) is 0 Å². The van der Waals surface area contributed by atoms with E-state index >= 15 is 0 Å². The van der Waals surface area contributed by atoms with E-state index in [0.29, 0.717) is 31.4 Å². The molecule has 2 aliphatic rings. The van der Waals surface area contributed by atoms with Crippen LogP contribution in [0.25, 0.3) is 11.0 Å². The molecule has 0 radical (unpaired) electrons. The van der Waals surface area contributed by atoms with Crippen LogP contribution >= 0.6 is 0 Å². The van der Waals surface area contributed by atoms with Crippen LogP contribution < -0.4 is 10.2 Å². The van der Waals surface area contributed by atoms with Gasteiger partial charge in [0.1, 0.15) is 5.65 Å². The van der Waals surface area contributed by atoms with Gasteiger partial charge in [0, 0.05) is 37.5 Å². The number of hydrogen-bond acceptors (Lipinski definition) is 5. The molecule has 7 heteroatoms. The summed E-state index contributed by atoms with van der Waals surface area (Å²) in [7, 11) is 1.68. The molecule has 3 heterocycles. The fourth-order valence-corrected chi connectivity index (χ4v) is 4.63. The predicted octanol–water partition coefficient (Wildman–Crippen LogP) is 2.60. The Morgan fingerprint density at radius 1 is 1.32 bits per heavy atom. The first kappa shape index (κ1) is 19.2. The van der Waals surface area contributed by atoms with Crippen molar-refractivity contribution in [1.29, 1.82) is 0 Å². The maximum atomic E-state index is 13.1. The minimum atomic E-state index is 0.0553. The lowest BCUT2D eigenvalue weighted by molar-refractivity contribution is 0.0669. The molecule has 0 bridgehead atoms. The zero-order chi connectivity index (χ0) is 19.5. The van der Waals surface area contributed by atoms with Gasteiger partial charge in [0.25, 0.3) is 5.91 Å². The zero-order valence-electron chi connectivity index (χ0n) is 16.9. The van der Waals surface area contributed by atoms with Gasteiger partial charge in [-0.3, -0.25) is 4.79 Å². The summed E-state index contributed by atoms with van der Waals surface area (Å²) in [4.78, 5) is 25.1. The number of ether oxygens (including phenoxy) is 1. The summed E-state index contributed by atoms with van der Waals surface area (Å²) < 4.78 is 5.23. The van der Waals surface area contributed by atoms with Gasteiger partial charge in [-0.15, -0.1) is 0 Å². The number of nitrogens with one attached hydrogen (secondary N) is 2. The summed E-state index contributed by atoms with van der Waals surface area (Å²) in [5.74, 6) is 0.816. The molecular formula is C21H31N5O2. The molecule has 152 valence electrons. The number of nitrogens with zero attached hydrogens (tertiary/aromatic N) is 3. The topological polar surface area (TPSA) is 73.5 Å². The van der Waals surface area contributed by atoms with E-state index in [2.05, 4.69) is 27.1 Å². The minimum Gasteiger partial charge on any atom is -0.383 e. The third-order valence-electron chi connectivity index (χ3n) is 6.19. The minimum absolute atomic E-state index is 0.0553. The molecule has 0 atom stereocenters. The van der Waals surface area contributed by atoms with E-state index in [1.807, 2.05) is 17.2 Å². The van der Waals surface area contributed by atoms with Gasteiger partial charge in [0.2, 0.25) is 0 Å². The SMILES string of the molecule is CCNCC1CCC(N2CN(CCOC)C(=O)c3cnc4[nH]ccc4c32)CC1. The summed E-state index contributed by atoms with van der Waals surface area (Å²) in [5, 5.41) is 4.54. The molecule has 0 spiro atoms. The number of methoxy groups -OCH3 is 1. The highest BCUT2D eigenvalue weighted by Gasteiger charge is 2.36. The predicted molar refractivity (Wildman–Crippen MR) is 111 cm³/mol. The molecule has 2 N–H and O–H groups in total. The molecule has 0 aromatic carbocycles. The van der Waals surface area contributed by atoms with Gasteiger partial charge in [-0.2, -0.15) is 0 Å². The van der Waals surface area contributed by atoms with E-state index in [9.17, 15) is 4.79 Å². The van der Waals surface area contributed by atoms with Crippen LogP contribution in [0.5, 0.6) is 0 Å². The smallest absolute Gasteiger partial charge is 0.259 e. The maximum absolute atomic E-state index is 13.1. The Morgan fingerprint density at radius 2 is 2.14 bits per heavy atom. The van der Waals surface area contributed by atoms with Gasteiger partial charge < -0.3 is 24.8 Å². The molecule has 2 aromatic heterocycles. The summed E-state index contributed by atoms with van der Waals surface area (Å²) in [5.41, 5.74) is 2.62. The van der Waals surface area contributed by atoms with Crippen molar-refractivity contribution in [3.63, 3.8) is 0 Å². The van der Waals surface area contributed by atoms with Crippen LogP contribution in [-0.2, 0) is 4.74 Å². The number of amides is 1. The fourth-order valence-electron chi connectivity index (χ4n) is 4.63. The average molecular weight is 386 g/mol. The molecule has 2 aromatic rings. The normalized spacial score (nSPS) is 22.7. The number of pyridine rings is 1. The molecular weight excluding hydrogens is 354 g/mol. The summed E-state index contributed by atoms with van der Waals surface area (Å²) in [6.07, 6.45) is 8.43. The molecule has 1 fully saturated rings. The highest BCUT2D eigenvalue weighted by atomic mass is 16.5. The number of fused-ring (bicyclic) bond motifs is 3. The molecule has 28 heavy (non-hydrogen) atoms. The summed E-state index contributed by atoms with van der Waals surface area (Å²) in [6.45, 7) is 6.09. The molecule has 4 rings (SSSR count). The quantitative estimate of drug-likeness (QED) is 0.766. The number of rotatable bonds is 7. The number of aromatic nitrogens is 2. The molecule has 1 aliphatic heterocycles. The zero-order valence-corrected chi connectivity index (χ0v) is 16.9. The molecule has 1 amide bonds. The molecule has 0 saturated heterocycles. The Kier molecular flexibility index (Phi) is 5.82. The van der Waals surface area contributed by atoms with Crippen LogP contribution in [0.3, 0.4) is 0 Å². The van der Waals surface area contributed by atoms with Crippen molar-refractivity contribution >= 4 is 22.6 Å².